The summed E-state index contributed by atoms with van der Waals surface area (Å²) in [5, 5.41) is 0. The lowest BCUT2D eigenvalue weighted by Crippen LogP contribution is -2.39. The molecule has 0 spiro atoms. The predicted molar refractivity (Wildman–Crippen MR) is 111 cm³/mol. The van der Waals surface area contributed by atoms with Crippen molar-refractivity contribution in [2.75, 3.05) is 47.0 Å². The van der Waals surface area contributed by atoms with Gasteiger partial charge in [-0.25, -0.2) is 13.1 Å². The molecule has 1 unspecified atom stereocenters. The van der Waals surface area contributed by atoms with Crippen molar-refractivity contribution in [3.05, 3.63) is 54.1 Å². The highest BCUT2D eigenvalue weighted by atomic mass is 32.2. The van der Waals surface area contributed by atoms with Crippen LogP contribution in [0.15, 0.2) is 53.4 Å². The van der Waals surface area contributed by atoms with E-state index in [0.717, 1.165) is 19.6 Å². The fourth-order valence-corrected chi connectivity index (χ4v) is 4.61. The highest BCUT2D eigenvalue weighted by Crippen LogP contribution is 2.28. The number of sulfonamides is 1. The maximum absolute atomic E-state index is 12.7. The van der Waals surface area contributed by atoms with Gasteiger partial charge in [0.25, 0.3) is 0 Å². The van der Waals surface area contributed by atoms with Crippen molar-refractivity contribution in [1.29, 1.82) is 0 Å². The van der Waals surface area contributed by atoms with Gasteiger partial charge >= 0.3 is 0 Å². The molecular formula is C21H28N2O5S. The molecule has 0 saturated carbocycles. The van der Waals surface area contributed by atoms with Crippen molar-refractivity contribution in [2.45, 2.75) is 17.4 Å². The van der Waals surface area contributed by atoms with E-state index in [4.69, 9.17) is 14.2 Å². The van der Waals surface area contributed by atoms with E-state index >= 15 is 0 Å². The number of rotatable bonds is 9. The van der Waals surface area contributed by atoms with Crippen molar-refractivity contribution in [1.82, 2.24) is 9.62 Å². The van der Waals surface area contributed by atoms with Crippen LogP contribution in [-0.2, 0) is 14.8 Å². The lowest BCUT2D eigenvalue weighted by Gasteiger charge is -2.33. The Balaban J connectivity index is 1.52. The summed E-state index contributed by atoms with van der Waals surface area (Å²) in [5.74, 6) is 0.753. The summed E-state index contributed by atoms with van der Waals surface area (Å²) in [6.07, 6.45) is 0.759. The van der Waals surface area contributed by atoms with Crippen molar-refractivity contribution in [2.24, 2.45) is 0 Å². The van der Waals surface area contributed by atoms with Gasteiger partial charge in [-0.2, -0.15) is 0 Å². The number of hydrogen-bond acceptors (Lipinski definition) is 6. The largest absolute Gasteiger partial charge is 0.497 e. The lowest BCUT2D eigenvalue weighted by molar-refractivity contribution is -0.0300. The Morgan fingerprint density at radius 2 is 1.93 bits per heavy atom. The van der Waals surface area contributed by atoms with Crippen LogP contribution < -0.4 is 14.2 Å². The SMILES string of the molecule is COc1ccc(OC)c(S(=O)(=O)NCCCN2CCOC(c3ccccc3)C2)c1. The van der Waals surface area contributed by atoms with E-state index in [1.807, 2.05) is 18.2 Å². The van der Waals surface area contributed by atoms with E-state index in [1.54, 1.807) is 12.1 Å². The van der Waals surface area contributed by atoms with Gasteiger partial charge in [-0.3, -0.25) is 4.90 Å². The molecule has 0 amide bonds. The zero-order chi connectivity index (χ0) is 20.7. The summed E-state index contributed by atoms with van der Waals surface area (Å²) in [4.78, 5) is 2.39. The summed E-state index contributed by atoms with van der Waals surface area (Å²) in [7, 11) is -0.747. The molecule has 8 heteroatoms. The second-order valence-corrected chi connectivity index (χ2v) is 8.57. The van der Waals surface area contributed by atoms with Crippen LogP contribution in [0.25, 0.3) is 0 Å². The Morgan fingerprint density at radius 1 is 1.14 bits per heavy atom. The van der Waals surface area contributed by atoms with Crippen LogP contribution in [0.4, 0.5) is 0 Å². The molecule has 29 heavy (non-hydrogen) atoms. The monoisotopic (exact) mass is 420 g/mol. The van der Waals surface area contributed by atoms with Crippen molar-refractivity contribution in [3.8, 4) is 11.5 Å². The number of hydrogen-bond donors (Lipinski definition) is 1. The van der Waals surface area contributed by atoms with Gasteiger partial charge in [0.15, 0.2) is 0 Å². The quantitative estimate of drug-likeness (QED) is 0.628. The number of benzene rings is 2. The Hall–Kier alpha value is -2.13. The van der Waals surface area contributed by atoms with Crippen LogP contribution in [0.5, 0.6) is 11.5 Å². The Bertz CT molecular complexity index is 889. The maximum Gasteiger partial charge on any atom is 0.244 e. The second kappa shape index (κ2) is 10.1. The first kappa shape index (κ1) is 21.6. The molecular weight excluding hydrogens is 392 g/mol. The van der Waals surface area contributed by atoms with Crippen LogP contribution in [0.3, 0.4) is 0 Å². The molecule has 0 aliphatic carbocycles. The molecule has 1 aliphatic rings. The van der Waals surface area contributed by atoms with Crippen LogP contribution in [0, 0.1) is 0 Å². The Morgan fingerprint density at radius 3 is 2.66 bits per heavy atom. The predicted octanol–water partition coefficient (Wildman–Crippen LogP) is 2.45. The zero-order valence-electron chi connectivity index (χ0n) is 16.8. The molecule has 2 aromatic rings. The first-order chi connectivity index (χ1) is 14.0. The van der Waals surface area contributed by atoms with E-state index in [2.05, 4.69) is 21.8 Å². The van der Waals surface area contributed by atoms with Crippen LogP contribution in [-0.4, -0.2) is 60.3 Å². The minimum absolute atomic E-state index is 0.0580. The molecule has 1 aliphatic heterocycles. The molecule has 1 heterocycles. The smallest absolute Gasteiger partial charge is 0.244 e. The van der Waals surface area contributed by atoms with Crippen molar-refractivity contribution < 1.29 is 22.6 Å². The molecule has 1 fully saturated rings. The van der Waals surface area contributed by atoms with Crippen LogP contribution in [0.2, 0.25) is 0 Å². The molecule has 1 atom stereocenters. The van der Waals surface area contributed by atoms with Gasteiger partial charge in [-0.05, 0) is 30.7 Å². The van der Waals surface area contributed by atoms with Gasteiger partial charge < -0.3 is 14.2 Å². The molecule has 1 saturated heterocycles. The van der Waals surface area contributed by atoms with Gasteiger partial charge in [-0.15, -0.1) is 0 Å². The van der Waals surface area contributed by atoms with Crippen molar-refractivity contribution in [3.63, 3.8) is 0 Å². The minimum Gasteiger partial charge on any atom is -0.497 e. The van der Waals surface area contributed by atoms with E-state index in [0.29, 0.717) is 25.3 Å². The second-order valence-electron chi connectivity index (χ2n) is 6.84. The standard InChI is InChI=1S/C21H28N2O5S/c1-26-18-9-10-19(27-2)21(15-18)29(24,25)22-11-6-12-23-13-14-28-20(16-23)17-7-4-3-5-8-17/h3-5,7-10,15,20,22H,6,11-14,16H2,1-2H3. The van der Waals surface area contributed by atoms with Crippen LogP contribution >= 0.6 is 0 Å². The summed E-state index contributed by atoms with van der Waals surface area (Å²) in [6.45, 7) is 3.47. The van der Waals surface area contributed by atoms with E-state index in [9.17, 15) is 8.42 Å². The molecule has 0 radical (unpaired) electrons. The third-order valence-electron chi connectivity index (χ3n) is 4.93. The topological polar surface area (TPSA) is 77.1 Å². The van der Waals surface area contributed by atoms with E-state index in [1.165, 1.54) is 25.8 Å². The molecule has 158 valence electrons. The van der Waals surface area contributed by atoms with Gasteiger partial charge in [0.2, 0.25) is 10.0 Å². The highest BCUT2D eigenvalue weighted by Gasteiger charge is 2.23. The van der Waals surface area contributed by atoms with Crippen LogP contribution in [0.1, 0.15) is 18.1 Å². The fraction of sp³-hybridized carbons (Fsp3) is 0.429. The Labute approximate surface area is 172 Å². The number of methoxy groups -OCH3 is 2. The average Bonchev–Trinajstić information content (AvgIpc) is 2.77. The normalized spacial score (nSPS) is 17.8. The van der Waals surface area contributed by atoms with E-state index < -0.39 is 10.0 Å². The van der Waals surface area contributed by atoms with Gasteiger partial charge in [-0.1, -0.05) is 30.3 Å². The number of ether oxygens (including phenoxy) is 3. The maximum atomic E-state index is 12.7. The minimum atomic E-state index is -3.69. The average molecular weight is 421 g/mol. The zero-order valence-corrected chi connectivity index (χ0v) is 17.7. The fourth-order valence-electron chi connectivity index (χ4n) is 3.36. The van der Waals surface area contributed by atoms with Gasteiger partial charge in [0.1, 0.15) is 16.4 Å². The summed E-state index contributed by atoms with van der Waals surface area (Å²) < 4.78 is 44.2. The van der Waals surface area contributed by atoms with Crippen molar-refractivity contribution >= 4 is 10.0 Å². The van der Waals surface area contributed by atoms with E-state index in [-0.39, 0.29) is 16.7 Å². The first-order valence-corrected chi connectivity index (χ1v) is 11.1. The molecule has 2 aromatic carbocycles. The Kier molecular flexibility index (Phi) is 7.49. The third kappa shape index (κ3) is 5.70. The molecule has 1 N–H and O–H groups in total. The number of morpholine rings is 1. The number of nitrogens with zero attached hydrogens (tertiary/aromatic N) is 1. The molecule has 7 nitrogen and oxygen atoms in total. The van der Waals surface area contributed by atoms with Gasteiger partial charge in [0.05, 0.1) is 26.9 Å². The number of nitrogens with one attached hydrogen (secondary N) is 1. The highest BCUT2D eigenvalue weighted by molar-refractivity contribution is 7.89. The molecule has 3 rings (SSSR count). The third-order valence-corrected chi connectivity index (χ3v) is 6.41. The molecule has 0 bridgehead atoms. The molecule has 0 aromatic heterocycles. The summed E-state index contributed by atoms with van der Waals surface area (Å²) in [5.41, 5.74) is 1.17. The summed E-state index contributed by atoms with van der Waals surface area (Å²) in [6, 6.07) is 14.9. The van der Waals surface area contributed by atoms with Gasteiger partial charge in [0, 0.05) is 25.7 Å². The first-order valence-electron chi connectivity index (χ1n) is 9.64. The summed E-state index contributed by atoms with van der Waals surface area (Å²) >= 11 is 0. The lowest BCUT2D eigenvalue weighted by atomic mass is 10.1.